The maximum atomic E-state index is 13.9. The molecule has 2 N–H and O–H groups in total. The minimum atomic E-state index is -0.810. The van der Waals surface area contributed by atoms with E-state index < -0.39 is 23.5 Å². The SMILES string of the molecule is O=C(O)C1C2CCC(C2)C1NCc1c(F)ccc(Br)c1F. The van der Waals surface area contributed by atoms with Gasteiger partial charge in [-0.25, -0.2) is 8.78 Å². The first-order valence-electron chi connectivity index (χ1n) is 7.07. The Morgan fingerprint density at radius 2 is 2.05 bits per heavy atom. The van der Waals surface area contributed by atoms with E-state index in [2.05, 4.69) is 21.2 Å². The van der Waals surface area contributed by atoms with Gasteiger partial charge < -0.3 is 10.4 Å². The van der Waals surface area contributed by atoms with E-state index in [0.717, 1.165) is 19.3 Å². The first kappa shape index (κ1) is 14.9. The molecule has 4 unspecified atom stereocenters. The van der Waals surface area contributed by atoms with Gasteiger partial charge in [0.05, 0.1) is 10.4 Å². The van der Waals surface area contributed by atoms with E-state index in [1.807, 2.05) is 0 Å². The number of fused-ring (bicyclic) bond motifs is 2. The number of benzene rings is 1. The molecule has 3 rings (SSSR count). The van der Waals surface area contributed by atoms with Crippen molar-refractivity contribution in [2.75, 3.05) is 0 Å². The van der Waals surface area contributed by atoms with Gasteiger partial charge in [-0.1, -0.05) is 0 Å². The van der Waals surface area contributed by atoms with E-state index in [9.17, 15) is 18.7 Å². The molecule has 0 heterocycles. The number of carboxylic acid groups (broad SMARTS) is 1. The standard InChI is InChI=1S/C15H16BrF2NO2/c16-10-3-4-11(17)9(13(10)18)6-19-14-8-2-1-7(5-8)12(14)15(20)21/h3-4,7-8,12,14,19H,1-2,5-6H2,(H,20,21). The fourth-order valence-corrected chi connectivity index (χ4v) is 4.26. The normalized spacial score (nSPS) is 30.8. The van der Waals surface area contributed by atoms with Crippen LogP contribution in [-0.2, 0) is 11.3 Å². The molecule has 4 atom stereocenters. The van der Waals surface area contributed by atoms with Gasteiger partial charge in [0.2, 0.25) is 0 Å². The smallest absolute Gasteiger partial charge is 0.308 e. The van der Waals surface area contributed by atoms with Gasteiger partial charge >= 0.3 is 5.97 Å². The van der Waals surface area contributed by atoms with E-state index >= 15 is 0 Å². The van der Waals surface area contributed by atoms with Crippen molar-refractivity contribution in [3.63, 3.8) is 0 Å². The monoisotopic (exact) mass is 359 g/mol. The Labute approximate surface area is 129 Å². The highest BCUT2D eigenvalue weighted by molar-refractivity contribution is 9.10. The van der Waals surface area contributed by atoms with Crippen molar-refractivity contribution in [2.45, 2.75) is 31.8 Å². The second kappa shape index (κ2) is 5.65. The fourth-order valence-electron chi connectivity index (χ4n) is 3.89. The molecule has 6 heteroatoms. The minimum Gasteiger partial charge on any atom is -0.481 e. The molecule has 0 radical (unpaired) electrons. The predicted octanol–water partition coefficient (Wildman–Crippen LogP) is 3.32. The second-order valence-corrected chi connectivity index (χ2v) is 6.78. The molecule has 2 fully saturated rings. The van der Waals surface area contributed by atoms with E-state index in [1.54, 1.807) is 0 Å². The third-order valence-electron chi connectivity index (χ3n) is 4.85. The summed E-state index contributed by atoms with van der Waals surface area (Å²) in [5.41, 5.74) is -0.0451. The van der Waals surface area contributed by atoms with Crippen molar-refractivity contribution in [2.24, 2.45) is 17.8 Å². The minimum absolute atomic E-state index is 0.00870. The molecular weight excluding hydrogens is 344 g/mol. The molecule has 0 spiro atoms. The molecule has 0 aliphatic heterocycles. The van der Waals surface area contributed by atoms with Gasteiger partial charge in [-0.05, 0) is 59.2 Å². The Balaban J connectivity index is 1.76. The Kier molecular flexibility index (Phi) is 4.01. The average molecular weight is 360 g/mol. The summed E-state index contributed by atoms with van der Waals surface area (Å²) in [6.07, 6.45) is 2.84. The van der Waals surface area contributed by atoms with Crippen LogP contribution in [0.3, 0.4) is 0 Å². The number of rotatable bonds is 4. The zero-order valence-corrected chi connectivity index (χ0v) is 12.9. The number of aliphatic carboxylic acids is 1. The highest BCUT2D eigenvalue weighted by Crippen LogP contribution is 2.48. The third-order valence-corrected chi connectivity index (χ3v) is 5.47. The molecule has 1 aromatic rings. The molecular formula is C15H16BrF2NO2. The van der Waals surface area contributed by atoms with Crippen LogP contribution in [0.1, 0.15) is 24.8 Å². The van der Waals surface area contributed by atoms with Crippen LogP contribution < -0.4 is 5.32 Å². The summed E-state index contributed by atoms with van der Waals surface area (Å²) in [4.78, 5) is 11.4. The van der Waals surface area contributed by atoms with Crippen LogP contribution in [0.4, 0.5) is 8.78 Å². The van der Waals surface area contributed by atoms with Crippen LogP contribution in [0, 0.1) is 29.4 Å². The topological polar surface area (TPSA) is 49.3 Å². The van der Waals surface area contributed by atoms with Crippen LogP contribution in [0.25, 0.3) is 0 Å². The number of hydrogen-bond donors (Lipinski definition) is 2. The van der Waals surface area contributed by atoms with Crippen LogP contribution in [0.2, 0.25) is 0 Å². The first-order valence-corrected chi connectivity index (χ1v) is 7.87. The Hall–Kier alpha value is -1.01. The molecule has 0 amide bonds. The molecule has 21 heavy (non-hydrogen) atoms. The number of nitrogens with one attached hydrogen (secondary N) is 1. The van der Waals surface area contributed by atoms with Crippen molar-refractivity contribution in [1.82, 2.24) is 5.32 Å². The summed E-state index contributed by atoms with van der Waals surface area (Å²) in [5, 5.41) is 12.4. The lowest BCUT2D eigenvalue weighted by molar-refractivity contribution is -0.144. The molecule has 3 nitrogen and oxygen atoms in total. The van der Waals surface area contributed by atoms with Gasteiger partial charge in [-0.3, -0.25) is 4.79 Å². The Morgan fingerprint density at radius 1 is 1.33 bits per heavy atom. The fraction of sp³-hybridized carbons (Fsp3) is 0.533. The predicted molar refractivity (Wildman–Crippen MR) is 76.6 cm³/mol. The summed E-state index contributed by atoms with van der Waals surface area (Å²) in [6.45, 7) is 0.00870. The number of halogens is 3. The van der Waals surface area contributed by atoms with Crippen molar-refractivity contribution in [3.8, 4) is 0 Å². The highest BCUT2D eigenvalue weighted by Gasteiger charge is 2.50. The number of hydrogen-bond acceptors (Lipinski definition) is 2. The lowest BCUT2D eigenvalue weighted by Gasteiger charge is -2.29. The van der Waals surface area contributed by atoms with Crippen LogP contribution in [-0.4, -0.2) is 17.1 Å². The lowest BCUT2D eigenvalue weighted by atomic mass is 9.84. The summed E-state index contributed by atoms with van der Waals surface area (Å²) < 4.78 is 27.9. The molecule has 2 saturated carbocycles. The number of carboxylic acids is 1. The summed E-state index contributed by atoms with van der Waals surface area (Å²) in [6, 6.07) is 2.34. The molecule has 2 aliphatic carbocycles. The second-order valence-electron chi connectivity index (χ2n) is 5.93. The van der Waals surface area contributed by atoms with E-state index in [-0.39, 0.29) is 28.5 Å². The van der Waals surface area contributed by atoms with Crippen LogP contribution in [0.5, 0.6) is 0 Å². The summed E-state index contributed by atoms with van der Waals surface area (Å²) in [7, 11) is 0. The average Bonchev–Trinajstić information content (AvgIpc) is 3.03. The zero-order chi connectivity index (χ0) is 15.1. The van der Waals surface area contributed by atoms with Crippen LogP contribution >= 0.6 is 15.9 Å². The van der Waals surface area contributed by atoms with E-state index in [0.29, 0.717) is 5.92 Å². The zero-order valence-electron chi connectivity index (χ0n) is 11.3. The van der Waals surface area contributed by atoms with Gasteiger partial charge in [0.25, 0.3) is 0 Å². The van der Waals surface area contributed by atoms with Gasteiger partial charge in [-0.15, -0.1) is 0 Å². The van der Waals surface area contributed by atoms with E-state index in [4.69, 9.17) is 0 Å². The van der Waals surface area contributed by atoms with Crippen molar-refractivity contribution in [1.29, 1.82) is 0 Å². The van der Waals surface area contributed by atoms with E-state index in [1.165, 1.54) is 12.1 Å². The van der Waals surface area contributed by atoms with Crippen LogP contribution in [0.15, 0.2) is 16.6 Å². The molecule has 2 bridgehead atoms. The van der Waals surface area contributed by atoms with Crippen molar-refractivity contribution < 1.29 is 18.7 Å². The summed E-state index contributed by atoms with van der Waals surface area (Å²) in [5.74, 6) is -2.00. The van der Waals surface area contributed by atoms with Crippen molar-refractivity contribution >= 4 is 21.9 Å². The summed E-state index contributed by atoms with van der Waals surface area (Å²) >= 11 is 3.04. The van der Waals surface area contributed by atoms with Gasteiger partial charge in [0.1, 0.15) is 11.6 Å². The van der Waals surface area contributed by atoms with Gasteiger partial charge in [0.15, 0.2) is 0 Å². The van der Waals surface area contributed by atoms with Gasteiger partial charge in [-0.2, -0.15) is 0 Å². The maximum absolute atomic E-state index is 13.9. The Morgan fingerprint density at radius 3 is 2.76 bits per heavy atom. The number of carbonyl (C=O) groups is 1. The molecule has 1 aromatic carbocycles. The molecule has 114 valence electrons. The Bertz CT molecular complexity index is 581. The molecule has 2 aliphatic rings. The third kappa shape index (κ3) is 2.59. The molecule has 0 aromatic heterocycles. The molecule has 0 saturated heterocycles. The quantitative estimate of drug-likeness (QED) is 0.810. The maximum Gasteiger partial charge on any atom is 0.308 e. The van der Waals surface area contributed by atoms with Gasteiger partial charge in [0, 0.05) is 18.2 Å². The largest absolute Gasteiger partial charge is 0.481 e. The van der Waals surface area contributed by atoms with Crippen molar-refractivity contribution in [3.05, 3.63) is 33.8 Å². The lowest BCUT2D eigenvalue weighted by Crippen LogP contribution is -2.44. The first-order chi connectivity index (χ1) is 9.99. The highest BCUT2D eigenvalue weighted by atomic mass is 79.9.